The average Bonchev–Trinajstić information content (AvgIpc) is 2.23. The summed E-state index contributed by atoms with van der Waals surface area (Å²) < 4.78 is 26.6. The van der Waals surface area contributed by atoms with Gasteiger partial charge in [0, 0.05) is 14.1 Å². The summed E-state index contributed by atoms with van der Waals surface area (Å²) in [5.74, 6) is -0.387. The lowest BCUT2D eigenvalue weighted by atomic mass is 10.5. The lowest BCUT2D eigenvalue weighted by Crippen LogP contribution is -2.42. The van der Waals surface area contributed by atoms with Gasteiger partial charge in [-0.25, -0.2) is 17.9 Å². The lowest BCUT2D eigenvalue weighted by Gasteiger charge is -2.10. The fourth-order valence-electron chi connectivity index (χ4n) is 1.18. The molecule has 0 aliphatic rings. The van der Waals surface area contributed by atoms with E-state index in [1.54, 1.807) is 0 Å². The smallest absolute Gasteiger partial charge is 0.332 e. The Morgan fingerprint density at radius 1 is 1.19 bits per heavy atom. The molecule has 0 saturated carbocycles. The van der Waals surface area contributed by atoms with E-state index in [9.17, 15) is 18.0 Å². The zero-order valence-electron chi connectivity index (χ0n) is 9.01. The maximum atomic E-state index is 11.6. The second-order valence-electron chi connectivity index (χ2n) is 3.13. The molecule has 1 rings (SSSR count). The highest BCUT2D eigenvalue weighted by atomic mass is 32.2. The molecular weight excluding hydrogens is 236 g/mol. The van der Waals surface area contributed by atoms with Crippen LogP contribution in [-0.2, 0) is 24.1 Å². The molecule has 8 nitrogen and oxygen atoms in total. The highest BCUT2D eigenvalue weighted by molar-refractivity contribution is 7.89. The molecule has 0 bridgehead atoms. The molecular formula is C7H12N4O4S. The second-order valence-corrected chi connectivity index (χ2v) is 4.95. The van der Waals surface area contributed by atoms with E-state index in [-0.39, 0.29) is 5.82 Å². The van der Waals surface area contributed by atoms with Crippen molar-refractivity contribution >= 4 is 15.8 Å². The van der Waals surface area contributed by atoms with E-state index in [1.807, 2.05) is 4.72 Å². The van der Waals surface area contributed by atoms with Crippen molar-refractivity contribution in [1.82, 2.24) is 13.9 Å². The Morgan fingerprint density at radius 3 is 2.12 bits per heavy atom. The molecule has 16 heavy (non-hydrogen) atoms. The van der Waals surface area contributed by atoms with E-state index in [1.165, 1.54) is 14.1 Å². The first-order valence-corrected chi connectivity index (χ1v) is 5.71. The van der Waals surface area contributed by atoms with Crippen LogP contribution >= 0.6 is 0 Å². The summed E-state index contributed by atoms with van der Waals surface area (Å²) in [4.78, 5) is 22.4. The Kier molecular flexibility index (Phi) is 2.93. The van der Waals surface area contributed by atoms with Crippen LogP contribution in [0.15, 0.2) is 14.5 Å². The van der Waals surface area contributed by atoms with Crippen LogP contribution in [0, 0.1) is 0 Å². The van der Waals surface area contributed by atoms with Crippen molar-refractivity contribution in [1.29, 1.82) is 0 Å². The Hall–Kier alpha value is -1.61. The standard InChI is InChI=1S/C7H12N4O4S/c1-9-16(14,15)4-5(8)10(2)7(13)11(3)6(4)12/h9H,8H2,1-3H3. The molecule has 1 aromatic rings. The van der Waals surface area contributed by atoms with E-state index < -0.39 is 26.2 Å². The summed E-state index contributed by atoms with van der Waals surface area (Å²) in [6, 6.07) is 0. The highest BCUT2D eigenvalue weighted by Crippen LogP contribution is 2.09. The van der Waals surface area contributed by atoms with Gasteiger partial charge < -0.3 is 5.73 Å². The molecule has 1 heterocycles. The van der Waals surface area contributed by atoms with Gasteiger partial charge in [0.05, 0.1) is 0 Å². The van der Waals surface area contributed by atoms with Crippen molar-refractivity contribution in [2.24, 2.45) is 14.1 Å². The van der Waals surface area contributed by atoms with Gasteiger partial charge in [-0.3, -0.25) is 13.9 Å². The fraction of sp³-hybridized carbons (Fsp3) is 0.429. The van der Waals surface area contributed by atoms with Crippen LogP contribution in [0.3, 0.4) is 0 Å². The number of rotatable bonds is 2. The minimum Gasteiger partial charge on any atom is -0.384 e. The van der Waals surface area contributed by atoms with Crippen molar-refractivity contribution in [3.8, 4) is 0 Å². The number of sulfonamides is 1. The maximum absolute atomic E-state index is 11.6. The number of nitrogen functional groups attached to an aromatic ring is 1. The van der Waals surface area contributed by atoms with Crippen molar-refractivity contribution < 1.29 is 8.42 Å². The quantitative estimate of drug-likeness (QED) is 0.604. The summed E-state index contributed by atoms with van der Waals surface area (Å²) in [5.41, 5.74) is 3.81. The van der Waals surface area contributed by atoms with E-state index >= 15 is 0 Å². The molecule has 0 atom stereocenters. The Labute approximate surface area is 91.4 Å². The first-order chi connectivity index (χ1) is 7.24. The third-order valence-electron chi connectivity index (χ3n) is 2.20. The lowest BCUT2D eigenvalue weighted by molar-refractivity contribution is 0.579. The first kappa shape index (κ1) is 12.5. The molecule has 0 amide bonds. The van der Waals surface area contributed by atoms with Gasteiger partial charge in [-0.05, 0) is 7.05 Å². The predicted octanol–water partition coefficient (Wildman–Crippen LogP) is -2.43. The minimum absolute atomic E-state index is 0.387. The van der Waals surface area contributed by atoms with E-state index in [2.05, 4.69) is 0 Å². The van der Waals surface area contributed by atoms with Crippen LogP contribution in [0.4, 0.5) is 5.82 Å². The first-order valence-electron chi connectivity index (χ1n) is 4.23. The Balaban J connectivity index is 3.95. The molecule has 0 unspecified atom stereocenters. The second kappa shape index (κ2) is 3.76. The van der Waals surface area contributed by atoms with Crippen molar-refractivity contribution in [2.75, 3.05) is 12.8 Å². The minimum atomic E-state index is -3.99. The van der Waals surface area contributed by atoms with Gasteiger partial charge in [0.1, 0.15) is 5.82 Å². The molecule has 9 heteroatoms. The van der Waals surface area contributed by atoms with Gasteiger partial charge in [-0.1, -0.05) is 0 Å². The normalized spacial score (nSPS) is 11.7. The number of nitrogens with zero attached hydrogens (tertiary/aromatic N) is 2. The zero-order chi connectivity index (χ0) is 12.7. The number of nitrogens with two attached hydrogens (primary N) is 1. The van der Waals surface area contributed by atoms with E-state index in [4.69, 9.17) is 5.73 Å². The van der Waals surface area contributed by atoms with E-state index in [0.29, 0.717) is 4.57 Å². The Bertz CT molecular complexity index is 640. The summed E-state index contributed by atoms with van der Waals surface area (Å²) in [6.45, 7) is 0. The zero-order valence-corrected chi connectivity index (χ0v) is 9.83. The summed E-state index contributed by atoms with van der Waals surface area (Å²) in [6.07, 6.45) is 0. The van der Waals surface area contributed by atoms with Crippen LogP contribution < -0.4 is 21.7 Å². The molecule has 0 spiro atoms. The van der Waals surface area contributed by atoms with Gasteiger partial charge in [-0.2, -0.15) is 0 Å². The highest BCUT2D eigenvalue weighted by Gasteiger charge is 2.24. The largest absolute Gasteiger partial charge is 0.384 e. The molecule has 90 valence electrons. The number of nitrogens with one attached hydrogen (secondary N) is 1. The molecule has 0 aromatic carbocycles. The van der Waals surface area contributed by atoms with Crippen LogP contribution in [0.2, 0.25) is 0 Å². The van der Waals surface area contributed by atoms with Crippen molar-refractivity contribution in [2.45, 2.75) is 4.90 Å². The monoisotopic (exact) mass is 248 g/mol. The summed E-state index contributed by atoms with van der Waals surface area (Å²) in [5, 5.41) is 0. The van der Waals surface area contributed by atoms with Gasteiger partial charge in [-0.15, -0.1) is 0 Å². The summed E-state index contributed by atoms with van der Waals surface area (Å²) in [7, 11) is -0.374. The molecule has 0 aliphatic heterocycles. The number of hydrogen-bond donors (Lipinski definition) is 2. The Morgan fingerprint density at radius 2 is 1.69 bits per heavy atom. The van der Waals surface area contributed by atoms with Crippen LogP contribution in [0.5, 0.6) is 0 Å². The van der Waals surface area contributed by atoms with Crippen LogP contribution in [0.1, 0.15) is 0 Å². The number of aromatic nitrogens is 2. The van der Waals surface area contributed by atoms with Crippen LogP contribution in [0.25, 0.3) is 0 Å². The van der Waals surface area contributed by atoms with E-state index in [0.717, 1.165) is 11.6 Å². The van der Waals surface area contributed by atoms with Crippen LogP contribution in [-0.4, -0.2) is 24.6 Å². The topological polar surface area (TPSA) is 116 Å². The van der Waals surface area contributed by atoms with Gasteiger partial charge in [0.2, 0.25) is 10.0 Å². The third kappa shape index (κ3) is 1.63. The molecule has 0 saturated heterocycles. The SMILES string of the molecule is CNS(=O)(=O)c1c(N)n(C)c(=O)n(C)c1=O. The summed E-state index contributed by atoms with van der Waals surface area (Å²) >= 11 is 0. The average molecular weight is 248 g/mol. The maximum Gasteiger partial charge on any atom is 0.332 e. The van der Waals surface area contributed by atoms with Crippen molar-refractivity contribution in [3.63, 3.8) is 0 Å². The molecule has 0 radical (unpaired) electrons. The predicted molar refractivity (Wildman–Crippen MR) is 57.6 cm³/mol. The third-order valence-corrected chi connectivity index (χ3v) is 3.66. The molecule has 3 N–H and O–H groups in total. The molecule has 0 aliphatic carbocycles. The van der Waals surface area contributed by atoms with Crippen molar-refractivity contribution in [3.05, 3.63) is 20.8 Å². The fourth-order valence-corrected chi connectivity index (χ4v) is 2.17. The molecule has 0 fully saturated rings. The molecule has 1 aromatic heterocycles. The number of anilines is 1. The van der Waals surface area contributed by atoms with Gasteiger partial charge in [0.25, 0.3) is 5.56 Å². The van der Waals surface area contributed by atoms with Gasteiger partial charge >= 0.3 is 5.69 Å². The van der Waals surface area contributed by atoms with Gasteiger partial charge in [0.15, 0.2) is 4.90 Å². The number of hydrogen-bond acceptors (Lipinski definition) is 5.